The lowest BCUT2D eigenvalue weighted by Crippen LogP contribution is -2.34. The Hall–Kier alpha value is -2.19. The predicted molar refractivity (Wildman–Crippen MR) is 92.7 cm³/mol. The second-order valence-corrected chi connectivity index (χ2v) is 6.31. The van der Waals surface area contributed by atoms with Gasteiger partial charge >= 0.3 is 0 Å². The maximum absolute atomic E-state index is 12.2. The lowest BCUT2D eigenvalue weighted by molar-refractivity contribution is -0.112. The van der Waals surface area contributed by atoms with E-state index in [-0.39, 0.29) is 5.57 Å². The molecule has 6 heteroatoms. The summed E-state index contributed by atoms with van der Waals surface area (Å²) in [5.41, 5.74) is 6.58. The molecule has 0 aliphatic heterocycles. The van der Waals surface area contributed by atoms with E-state index in [0.717, 1.165) is 6.42 Å². The van der Waals surface area contributed by atoms with Crippen LogP contribution in [-0.2, 0) is 4.79 Å². The lowest BCUT2D eigenvalue weighted by atomic mass is 9.86. The van der Waals surface area contributed by atoms with Crippen molar-refractivity contribution in [3.05, 3.63) is 35.0 Å². The van der Waals surface area contributed by atoms with Gasteiger partial charge in [0.05, 0.1) is 10.7 Å². The Morgan fingerprint density at radius 2 is 2.17 bits per heavy atom. The van der Waals surface area contributed by atoms with Crippen LogP contribution in [0.15, 0.2) is 30.0 Å². The van der Waals surface area contributed by atoms with E-state index in [0.29, 0.717) is 28.4 Å². The van der Waals surface area contributed by atoms with Gasteiger partial charge in [0, 0.05) is 17.9 Å². The summed E-state index contributed by atoms with van der Waals surface area (Å²) in [6, 6.07) is 7.03. The number of nitrogen functional groups attached to an aromatic ring is 1. The number of hydrogen-bond acceptors (Lipinski definition) is 4. The number of hydrogen-bond donors (Lipinski definition) is 3. The van der Waals surface area contributed by atoms with E-state index < -0.39 is 5.91 Å². The Labute approximate surface area is 141 Å². The summed E-state index contributed by atoms with van der Waals surface area (Å²) in [7, 11) is 0. The average molecular weight is 333 g/mol. The molecular formula is C17H21ClN4O. The highest BCUT2D eigenvalue weighted by atomic mass is 35.5. The molecule has 4 N–H and O–H groups in total. The number of nitriles is 1. The Kier molecular flexibility index (Phi) is 5.89. The molecule has 0 radical (unpaired) electrons. The number of nitrogens with one attached hydrogen (secondary N) is 2. The fraction of sp³-hybridized carbons (Fsp3) is 0.412. The Morgan fingerprint density at radius 3 is 2.83 bits per heavy atom. The number of amides is 1. The SMILES string of the molecule is CC1CCCCC1N/C=C(/C#N)C(=O)Nc1ccc(N)cc1Cl. The van der Waals surface area contributed by atoms with Crippen molar-refractivity contribution in [3.63, 3.8) is 0 Å². The molecule has 2 rings (SSSR count). The zero-order valence-electron chi connectivity index (χ0n) is 13.1. The van der Waals surface area contributed by atoms with E-state index in [1.165, 1.54) is 25.5 Å². The van der Waals surface area contributed by atoms with Crippen LogP contribution in [0.5, 0.6) is 0 Å². The van der Waals surface area contributed by atoms with E-state index >= 15 is 0 Å². The average Bonchev–Trinajstić information content (AvgIpc) is 2.52. The summed E-state index contributed by atoms with van der Waals surface area (Å²) in [5.74, 6) is 0.0460. The Bertz CT molecular complexity index is 650. The highest BCUT2D eigenvalue weighted by Gasteiger charge is 2.20. The molecule has 1 saturated carbocycles. The smallest absolute Gasteiger partial charge is 0.267 e. The molecule has 2 atom stereocenters. The molecule has 1 amide bonds. The zero-order valence-corrected chi connectivity index (χ0v) is 13.9. The second-order valence-electron chi connectivity index (χ2n) is 5.90. The number of halogens is 1. The standard InChI is InChI=1S/C17H21ClN4O/c1-11-4-2-3-5-15(11)21-10-12(9-19)17(23)22-16-7-6-13(20)8-14(16)18/h6-8,10-11,15,21H,2-5,20H2,1H3,(H,22,23)/b12-10-. The minimum Gasteiger partial charge on any atom is -0.399 e. The van der Waals surface area contributed by atoms with Crippen molar-refractivity contribution < 1.29 is 4.79 Å². The highest BCUT2D eigenvalue weighted by Crippen LogP contribution is 2.25. The van der Waals surface area contributed by atoms with Crippen LogP contribution < -0.4 is 16.4 Å². The van der Waals surface area contributed by atoms with Crippen LogP contribution in [0.1, 0.15) is 32.6 Å². The molecule has 2 unspecified atom stereocenters. The number of benzene rings is 1. The minimum atomic E-state index is -0.491. The summed E-state index contributed by atoms with van der Waals surface area (Å²) >= 11 is 6.03. The predicted octanol–water partition coefficient (Wildman–Crippen LogP) is 3.44. The van der Waals surface area contributed by atoms with E-state index in [1.807, 2.05) is 6.07 Å². The second kappa shape index (κ2) is 7.89. The van der Waals surface area contributed by atoms with Gasteiger partial charge in [-0.1, -0.05) is 31.4 Å². The summed E-state index contributed by atoms with van der Waals surface area (Å²) in [6.45, 7) is 2.19. The Balaban J connectivity index is 2.03. The van der Waals surface area contributed by atoms with Crippen LogP contribution in [0.4, 0.5) is 11.4 Å². The molecule has 0 spiro atoms. The largest absolute Gasteiger partial charge is 0.399 e. The number of rotatable bonds is 4. The van der Waals surface area contributed by atoms with Crippen LogP contribution in [-0.4, -0.2) is 11.9 Å². The van der Waals surface area contributed by atoms with Crippen LogP contribution in [0.3, 0.4) is 0 Å². The maximum Gasteiger partial charge on any atom is 0.267 e. The van der Waals surface area contributed by atoms with Gasteiger partial charge in [-0.05, 0) is 37.0 Å². The molecule has 1 aliphatic rings. The van der Waals surface area contributed by atoms with Gasteiger partial charge < -0.3 is 16.4 Å². The van der Waals surface area contributed by atoms with Gasteiger partial charge in [-0.2, -0.15) is 5.26 Å². The third-order valence-corrected chi connectivity index (χ3v) is 4.47. The van der Waals surface area contributed by atoms with Crippen molar-refractivity contribution in [1.29, 1.82) is 5.26 Å². The molecule has 1 fully saturated rings. The zero-order chi connectivity index (χ0) is 16.8. The monoisotopic (exact) mass is 332 g/mol. The van der Waals surface area contributed by atoms with Gasteiger partial charge in [0.2, 0.25) is 0 Å². The van der Waals surface area contributed by atoms with E-state index in [1.54, 1.807) is 18.2 Å². The molecule has 122 valence electrons. The van der Waals surface area contributed by atoms with Gasteiger partial charge in [0.1, 0.15) is 11.6 Å². The van der Waals surface area contributed by atoms with E-state index in [4.69, 9.17) is 17.3 Å². The van der Waals surface area contributed by atoms with Crippen molar-refractivity contribution in [2.45, 2.75) is 38.6 Å². The number of carbonyl (C=O) groups excluding carboxylic acids is 1. The number of nitrogens with zero attached hydrogens (tertiary/aromatic N) is 1. The highest BCUT2D eigenvalue weighted by molar-refractivity contribution is 6.34. The molecule has 23 heavy (non-hydrogen) atoms. The number of anilines is 2. The first-order valence-corrected chi connectivity index (χ1v) is 8.11. The molecule has 0 heterocycles. The maximum atomic E-state index is 12.2. The molecule has 1 aliphatic carbocycles. The molecule has 5 nitrogen and oxygen atoms in total. The summed E-state index contributed by atoms with van der Waals surface area (Å²) in [5, 5.41) is 15.4. The Morgan fingerprint density at radius 1 is 1.43 bits per heavy atom. The first kappa shape index (κ1) is 17.2. The van der Waals surface area contributed by atoms with Crippen molar-refractivity contribution >= 4 is 28.9 Å². The molecular weight excluding hydrogens is 312 g/mol. The van der Waals surface area contributed by atoms with Crippen molar-refractivity contribution in [1.82, 2.24) is 5.32 Å². The first-order valence-electron chi connectivity index (χ1n) is 7.74. The van der Waals surface area contributed by atoms with E-state index in [2.05, 4.69) is 17.6 Å². The van der Waals surface area contributed by atoms with E-state index in [9.17, 15) is 10.1 Å². The lowest BCUT2D eigenvalue weighted by Gasteiger charge is -2.29. The normalized spacial score (nSPS) is 21.3. The van der Waals surface area contributed by atoms with Crippen molar-refractivity contribution in [3.8, 4) is 6.07 Å². The van der Waals surface area contributed by atoms with Crippen LogP contribution in [0.2, 0.25) is 5.02 Å². The quantitative estimate of drug-likeness (QED) is 0.447. The van der Waals surface area contributed by atoms with Gasteiger partial charge in [0.15, 0.2) is 0 Å². The molecule has 0 aromatic heterocycles. The number of carbonyl (C=O) groups is 1. The molecule has 0 saturated heterocycles. The minimum absolute atomic E-state index is 0.0238. The van der Waals surface area contributed by atoms with Gasteiger partial charge in [0.25, 0.3) is 5.91 Å². The van der Waals surface area contributed by atoms with Crippen LogP contribution in [0, 0.1) is 17.2 Å². The third kappa shape index (κ3) is 4.64. The fourth-order valence-electron chi connectivity index (χ4n) is 2.73. The summed E-state index contributed by atoms with van der Waals surface area (Å²) < 4.78 is 0. The topological polar surface area (TPSA) is 90.9 Å². The fourth-order valence-corrected chi connectivity index (χ4v) is 2.96. The van der Waals surface area contributed by atoms with Crippen molar-refractivity contribution in [2.75, 3.05) is 11.1 Å². The third-order valence-electron chi connectivity index (χ3n) is 4.16. The molecule has 0 bridgehead atoms. The van der Waals surface area contributed by atoms with Gasteiger partial charge in [-0.3, -0.25) is 4.79 Å². The molecule has 1 aromatic carbocycles. The first-order chi connectivity index (χ1) is 11.0. The van der Waals surface area contributed by atoms with Crippen LogP contribution in [0.25, 0.3) is 0 Å². The van der Waals surface area contributed by atoms with Gasteiger partial charge in [-0.15, -0.1) is 0 Å². The summed E-state index contributed by atoms with van der Waals surface area (Å²) in [4.78, 5) is 12.2. The van der Waals surface area contributed by atoms with Gasteiger partial charge in [-0.25, -0.2) is 0 Å². The summed E-state index contributed by atoms with van der Waals surface area (Å²) in [6.07, 6.45) is 6.14. The molecule has 1 aromatic rings. The number of nitrogens with two attached hydrogens (primary N) is 1. The van der Waals surface area contributed by atoms with Crippen LogP contribution >= 0.6 is 11.6 Å². The van der Waals surface area contributed by atoms with Crippen molar-refractivity contribution in [2.24, 2.45) is 5.92 Å².